The molecule has 150 valence electrons. The fraction of sp³-hybridized carbons (Fsp3) is 0.261. The Bertz CT molecular complexity index is 1040. The number of para-hydroxylation sites is 1. The number of carbonyl (C=O) groups excluding carboxylic acids is 2. The minimum atomic E-state index is -0.310. The Morgan fingerprint density at radius 2 is 1.59 bits per heavy atom. The predicted molar refractivity (Wildman–Crippen MR) is 115 cm³/mol. The minimum absolute atomic E-state index is 0.110. The van der Waals surface area contributed by atoms with Crippen molar-refractivity contribution in [3.63, 3.8) is 0 Å². The monoisotopic (exact) mass is 390 g/mol. The molecule has 0 bridgehead atoms. The van der Waals surface area contributed by atoms with Crippen LogP contribution in [-0.2, 0) is 4.79 Å². The molecule has 0 fully saturated rings. The van der Waals surface area contributed by atoms with Crippen LogP contribution in [0.5, 0.6) is 0 Å². The first-order chi connectivity index (χ1) is 13.8. The van der Waals surface area contributed by atoms with E-state index in [0.29, 0.717) is 11.3 Å². The summed E-state index contributed by atoms with van der Waals surface area (Å²) in [5, 5.41) is 10.1. The van der Waals surface area contributed by atoms with Crippen LogP contribution in [0.3, 0.4) is 0 Å². The molecule has 0 aliphatic heterocycles. The van der Waals surface area contributed by atoms with Gasteiger partial charge in [-0.25, -0.2) is 4.68 Å². The third-order valence-electron chi connectivity index (χ3n) is 4.87. The number of aryl methyl sites for hydroxylation is 4. The molecule has 29 heavy (non-hydrogen) atoms. The molecule has 1 heterocycles. The van der Waals surface area contributed by atoms with Gasteiger partial charge in [0.15, 0.2) is 0 Å². The number of aromatic nitrogens is 2. The van der Waals surface area contributed by atoms with Crippen LogP contribution in [0.15, 0.2) is 42.5 Å². The van der Waals surface area contributed by atoms with Crippen LogP contribution in [0.1, 0.15) is 38.4 Å². The van der Waals surface area contributed by atoms with Crippen molar-refractivity contribution >= 4 is 17.5 Å². The lowest BCUT2D eigenvalue weighted by Crippen LogP contribution is -2.33. The summed E-state index contributed by atoms with van der Waals surface area (Å²) in [6.07, 6.45) is 0. The summed E-state index contributed by atoms with van der Waals surface area (Å²) in [4.78, 5) is 25.1. The molecule has 6 heteroatoms. The largest absolute Gasteiger partial charge is 0.343 e. The van der Waals surface area contributed by atoms with Crippen LogP contribution in [0.4, 0.5) is 5.69 Å². The Hall–Kier alpha value is -3.41. The highest BCUT2D eigenvalue weighted by atomic mass is 16.2. The molecule has 2 N–H and O–H groups in total. The van der Waals surface area contributed by atoms with Crippen LogP contribution >= 0.6 is 0 Å². The lowest BCUT2D eigenvalue weighted by Gasteiger charge is -2.13. The highest BCUT2D eigenvalue weighted by molar-refractivity contribution is 6.01. The average Bonchev–Trinajstić information content (AvgIpc) is 2.97. The summed E-state index contributed by atoms with van der Waals surface area (Å²) >= 11 is 0. The van der Waals surface area contributed by atoms with Gasteiger partial charge in [-0.3, -0.25) is 9.59 Å². The summed E-state index contributed by atoms with van der Waals surface area (Å²) in [6, 6.07) is 13.7. The smallest absolute Gasteiger partial charge is 0.255 e. The third kappa shape index (κ3) is 4.37. The highest BCUT2D eigenvalue weighted by Gasteiger charge is 2.20. The third-order valence-corrected chi connectivity index (χ3v) is 4.87. The van der Waals surface area contributed by atoms with E-state index in [1.165, 1.54) is 0 Å². The van der Waals surface area contributed by atoms with Crippen molar-refractivity contribution in [3.05, 3.63) is 76.1 Å². The van der Waals surface area contributed by atoms with E-state index in [-0.39, 0.29) is 18.4 Å². The van der Waals surface area contributed by atoms with Gasteiger partial charge in [0.05, 0.1) is 29.2 Å². The van der Waals surface area contributed by atoms with Gasteiger partial charge in [0.25, 0.3) is 5.91 Å². The van der Waals surface area contributed by atoms with E-state index in [2.05, 4.69) is 15.7 Å². The van der Waals surface area contributed by atoms with E-state index in [9.17, 15) is 9.59 Å². The van der Waals surface area contributed by atoms with E-state index in [1.54, 1.807) is 11.6 Å². The van der Waals surface area contributed by atoms with E-state index in [4.69, 9.17) is 0 Å². The molecule has 3 rings (SSSR count). The van der Waals surface area contributed by atoms with Crippen molar-refractivity contribution in [2.24, 2.45) is 0 Å². The molecule has 3 aromatic rings. The molecular formula is C23H26N4O2. The summed E-state index contributed by atoms with van der Waals surface area (Å²) in [6.45, 7) is 9.46. The van der Waals surface area contributed by atoms with Gasteiger partial charge in [-0.15, -0.1) is 0 Å². The number of carbonyl (C=O) groups is 2. The van der Waals surface area contributed by atoms with Gasteiger partial charge in [0.1, 0.15) is 0 Å². The first-order valence-corrected chi connectivity index (χ1v) is 9.55. The first kappa shape index (κ1) is 20.3. The fourth-order valence-electron chi connectivity index (χ4n) is 3.60. The zero-order valence-electron chi connectivity index (χ0n) is 17.5. The minimum Gasteiger partial charge on any atom is -0.343 e. The Morgan fingerprint density at radius 1 is 0.966 bits per heavy atom. The molecular weight excluding hydrogens is 364 g/mol. The van der Waals surface area contributed by atoms with E-state index in [1.807, 2.05) is 70.2 Å². The SMILES string of the molecule is Cc1cc(C)c(NC(=O)CNC(=O)c2c(C)nn(-c3ccccc3)c2C)c(C)c1. The van der Waals surface area contributed by atoms with Gasteiger partial charge in [-0.1, -0.05) is 35.9 Å². The summed E-state index contributed by atoms with van der Waals surface area (Å²) in [5.41, 5.74) is 6.66. The summed E-state index contributed by atoms with van der Waals surface area (Å²) in [5.74, 6) is -0.575. The molecule has 0 spiro atoms. The number of rotatable bonds is 5. The average molecular weight is 390 g/mol. The maximum absolute atomic E-state index is 12.7. The number of nitrogens with one attached hydrogen (secondary N) is 2. The summed E-state index contributed by atoms with van der Waals surface area (Å²) < 4.78 is 1.74. The zero-order chi connectivity index (χ0) is 21.1. The first-order valence-electron chi connectivity index (χ1n) is 9.55. The fourth-order valence-corrected chi connectivity index (χ4v) is 3.60. The molecule has 0 aliphatic carbocycles. The maximum Gasteiger partial charge on any atom is 0.255 e. The Morgan fingerprint density at radius 3 is 2.21 bits per heavy atom. The Kier molecular flexibility index (Phi) is 5.82. The van der Waals surface area contributed by atoms with Crippen LogP contribution in [0, 0.1) is 34.6 Å². The topological polar surface area (TPSA) is 76.0 Å². The number of benzene rings is 2. The molecule has 2 aromatic carbocycles. The van der Waals surface area contributed by atoms with Crippen molar-refractivity contribution in [1.82, 2.24) is 15.1 Å². The number of anilines is 1. The second-order valence-corrected chi connectivity index (χ2v) is 7.30. The lowest BCUT2D eigenvalue weighted by atomic mass is 10.1. The molecule has 0 atom stereocenters. The highest BCUT2D eigenvalue weighted by Crippen LogP contribution is 2.22. The normalized spacial score (nSPS) is 10.7. The molecule has 1 aromatic heterocycles. The number of hydrogen-bond acceptors (Lipinski definition) is 3. The van der Waals surface area contributed by atoms with Crippen molar-refractivity contribution in [1.29, 1.82) is 0 Å². The lowest BCUT2D eigenvalue weighted by molar-refractivity contribution is -0.115. The van der Waals surface area contributed by atoms with Gasteiger partial charge in [-0.05, 0) is 57.9 Å². The molecule has 0 unspecified atom stereocenters. The van der Waals surface area contributed by atoms with Gasteiger partial charge >= 0.3 is 0 Å². The van der Waals surface area contributed by atoms with E-state index >= 15 is 0 Å². The van der Waals surface area contributed by atoms with Crippen molar-refractivity contribution in [2.75, 3.05) is 11.9 Å². The predicted octanol–water partition coefficient (Wildman–Crippen LogP) is 3.78. The maximum atomic E-state index is 12.7. The van der Waals surface area contributed by atoms with Crippen molar-refractivity contribution in [3.8, 4) is 5.69 Å². The molecule has 0 saturated heterocycles. The van der Waals surface area contributed by atoms with E-state index in [0.717, 1.165) is 33.8 Å². The van der Waals surface area contributed by atoms with Crippen LogP contribution < -0.4 is 10.6 Å². The van der Waals surface area contributed by atoms with Gasteiger partial charge in [0.2, 0.25) is 5.91 Å². The second-order valence-electron chi connectivity index (χ2n) is 7.30. The molecule has 0 aliphatic rings. The second kappa shape index (κ2) is 8.31. The number of amides is 2. The number of nitrogens with zero attached hydrogens (tertiary/aromatic N) is 2. The molecule has 0 radical (unpaired) electrons. The zero-order valence-corrected chi connectivity index (χ0v) is 17.5. The van der Waals surface area contributed by atoms with E-state index < -0.39 is 0 Å². The Labute approximate surface area is 170 Å². The standard InChI is InChI=1S/C23H26N4O2/c1-14-11-15(2)22(16(3)12-14)25-20(28)13-24-23(29)21-17(4)26-27(18(21)5)19-9-7-6-8-10-19/h6-12H,13H2,1-5H3,(H,24,29)(H,25,28). The Balaban J connectivity index is 1.70. The molecule has 2 amide bonds. The van der Waals surface area contributed by atoms with Gasteiger partial charge in [-0.2, -0.15) is 5.10 Å². The molecule has 0 saturated carbocycles. The van der Waals surface area contributed by atoms with Gasteiger partial charge < -0.3 is 10.6 Å². The van der Waals surface area contributed by atoms with Crippen LogP contribution in [-0.4, -0.2) is 28.1 Å². The van der Waals surface area contributed by atoms with Gasteiger partial charge in [0, 0.05) is 5.69 Å². The van der Waals surface area contributed by atoms with Crippen molar-refractivity contribution < 1.29 is 9.59 Å². The van der Waals surface area contributed by atoms with Crippen LogP contribution in [0.25, 0.3) is 5.69 Å². The van der Waals surface area contributed by atoms with Crippen molar-refractivity contribution in [2.45, 2.75) is 34.6 Å². The van der Waals surface area contributed by atoms with Crippen LogP contribution in [0.2, 0.25) is 0 Å². The number of hydrogen-bond donors (Lipinski definition) is 2. The molecule has 6 nitrogen and oxygen atoms in total. The summed E-state index contributed by atoms with van der Waals surface area (Å²) in [7, 11) is 0. The quantitative estimate of drug-likeness (QED) is 0.696.